The summed E-state index contributed by atoms with van der Waals surface area (Å²) in [6, 6.07) is 4.93. The van der Waals surface area contributed by atoms with E-state index in [-0.39, 0.29) is 31.3 Å². The van der Waals surface area contributed by atoms with Gasteiger partial charge < -0.3 is 19.5 Å². The number of ether oxygens (including phenoxy) is 1. The minimum Gasteiger partial charge on any atom is -0.381 e. The Labute approximate surface area is 167 Å². The fourth-order valence-corrected chi connectivity index (χ4v) is 3.86. The first-order chi connectivity index (χ1) is 13.4. The Kier molecular flexibility index (Phi) is 5.25. The van der Waals surface area contributed by atoms with Crippen LogP contribution in [0.3, 0.4) is 0 Å². The molecule has 28 heavy (non-hydrogen) atoms. The molecule has 7 nitrogen and oxygen atoms in total. The quantitative estimate of drug-likeness (QED) is 0.829. The smallest absolute Gasteiger partial charge is 0.322 e. The summed E-state index contributed by atoms with van der Waals surface area (Å²) < 4.78 is 26.0. The fourth-order valence-electron chi connectivity index (χ4n) is 3.57. The summed E-state index contributed by atoms with van der Waals surface area (Å²) in [7, 11) is 0. The van der Waals surface area contributed by atoms with Crippen LogP contribution in [0.2, 0.25) is 5.02 Å². The molecule has 0 bridgehead atoms. The van der Waals surface area contributed by atoms with Gasteiger partial charge in [-0.05, 0) is 37.5 Å². The zero-order valence-corrected chi connectivity index (χ0v) is 16.3. The number of halogens is 2. The third kappa shape index (κ3) is 3.84. The van der Waals surface area contributed by atoms with Gasteiger partial charge in [-0.1, -0.05) is 22.8 Å². The molecule has 4 rings (SSSR count). The zero-order valence-electron chi connectivity index (χ0n) is 15.6. The van der Waals surface area contributed by atoms with E-state index in [1.165, 1.54) is 4.90 Å². The number of nitrogens with zero attached hydrogens (tertiary/aromatic N) is 3. The van der Waals surface area contributed by atoms with E-state index in [9.17, 15) is 4.79 Å². The first-order valence-electron chi connectivity index (χ1n) is 9.37. The van der Waals surface area contributed by atoms with Crippen LogP contribution < -0.4 is 5.32 Å². The van der Waals surface area contributed by atoms with Gasteiger partial charge in [-0.15, -0.1) is 0 Å². The number of urea groups is 1. The van der Waals surface area contributed by atoms with Gasteiger partial charge >= 0.3 is 6.03 Å². The molecule has 0 saturated carbocycles. The van der Waals surface area contributed by atoms with Crippen LogP contribution in [0, 0.1) is 6.92 Å². The number of hydrogen-bond acceptors (Lipinski definition) is 5. The van der Waals surface area contributed by atoms with Gasteiger partial charge in [0.25, 0.3) is 5.89 Å². The van der Waals surface area contributed by atoms with E-state index in [2.05, 4.69) is 15.5 Å². The molecule has 0 spiro atoms. The molecule has 150 valence electrons. The van der Waals surface area contributed by atoms with E-state index in [1.54, 1.807) is 12.1 Å². The molecule has 1 unspecified atom stereocenters. The van der Waals surface area contributed by atoms with Crippen LogP contribution >= 0.6 is 11.6 Å². The van der Waals surface area contributed by atoms with Gasteiger partial charge in [0.15, 0.2) is 5.82 Å². The van der Waals surface area contributed by atoms with Gasteiger partial charge in [0.1, 0.15) is 0 Å². The van der Waals surface area contributed by atoms with E-state index < -0.39 is 11.7 Å². The average Bonchev–Trinajstić information content (AvgIpc) is 3.33. The van der Waals surface area contributed by atoms with Crippen LogP contribution in [0.4, 0.5) is 14.9 Å². The Morgan fingerprint density at radius 2 is 2.18 bits per heavy atom. The number of carbonyl (C=O) groups excluding carboxylic acids is 1. The summed E-state index contributed by atoms with van der Waals surface area (Å²) in [5.74, 6) is 0.585. The predicted molar refractivity (Wildman–Crippen MR) is 101 cm³/mol. The highest BCUT2D eigenvalue weighted by molar-refractivity contribution is 6.33. The van der Waals surface area contributed by atoms with Crippen molar-refractivity contribution in [1.29, 1.82) is 0 Å². The lowest BCUT2D eigenvalue weighted by molar-refractivity contribution is 0.0830. The van der Waals surface area contributed by atoms with Crippen LogP contribution in [-0.2, 0) is 10.4 Å². The number of amides is 2. The van der Waals surface area contributed by atoms with E-state index in [0.29, 0.717) is 29.7 Å². The molecular weight excluding hydrogens is 387 g/mol. The molecule has 2 aliphatic rings. The molecule has 2 aliphatic heterocycles. The number of alkyl halides is 1. The van der Waals surface area contributed by atoms with Crippen LogP contribution in [0.15, 0.2) is 22.7 Å². The minimum atomic E-state index is -1.84. The number of rotatable bonds is 3. The Hall–Kier alpha value is -2.19. The summed E-state index contributed by atoms with van der Waals surface area (Å²) in [6.07, 6.45) is 1.70. The maximum atomic E-state index is 15.4. The second-order valence-corrected chi connectivity index (χ2v) is 7.80. The molecule has 0 radical (unpaired) electrons. The topological polar surface area (TPSA) is 80.5 Å². The van der Waals surface area contributed by atoms with E-state index in [1.807, 2.05) is 13.0 Å². The summed E-state index contributed by atoms with van der Waals surface area (Å²) in [5.41, 5.74) is -0.359. The molecular formula is C19H22ClFN4O3. The minimum absolute atomic E-state index is 0.0577. The van der Waals surface area contributed by atoms with Crippen LogP contribution in [0.5, 0.6) is 0 Å². The van der Waals surface area contributed by atoms with E-state index in [0.717, 1.165) is 18.4 Å². The molecule has 1 atom stereocenters. The van der Waals surface area contributed by atoms with E-state index in [4.69, 9.17) is 20.9 Å². The Morgan fingerprint density at radius 3 is 2.93 bits per heavy atom. The first-order valence-corrected chi connectivity index (χ1v) is 9.75. The van der Waals surface area contributed by atoms with Crippen molar-refractivity contribution < 1.29 is 18.4 Å². The van der Waals surface area contributed by atoms with Gasteiger partial charge in [-0.25, -0.2) is 9.18 Å². The number of nitrogens with one attached hydrogen (secondary N) is 1. The molecule has 1 N–H and O–H groups in total. The number of aryl methyl sites for hydroxylation is 1. The largest absolute Gasteiger partial charge is 0.381 e. The number of hydrogen-bond donors (Lipinski definition) is 1. The lowest BCUT2D eigenvalue weighted by atomic mass is 9.99. The van der Waals surface area contributed by atoms with Gasteiger partial charge in [-0.3, -0.25) is 0 Å². The Bertz CT molecular complexity index is 871. The van der Waals surface area contributed by atoms with Gasteiger partial charge in [0.2, 0.25) is 5.67 Å². The number of carbonyl (C=O) groups is 1. The summed E-state index contributed by atoms with van der Waals surface area (Å²) in [4.78, 5) is 18.2. The molecule has 1 aromatic carbocycles. The van der Waals surface area contributed by atoms with Crippen molar-refractivity contribution in [3.63, 3.8) is 0 Å². The zero-order chi connectivity index (χ0) is 19.7. The van der Waals surface area contributed by atoms with Crippen molar-refractivity contribution in [3.8, 4) is 0 Å². The highest BCUT2D eigenvalue weighted by Gasteiger charge is 2.46. The van der Waals surface area contributed by atoms with Crippen molar-refractivity contribution >= 4 is 23.3 Å². The standard InChI is InChI=1S/C19H22ClFN4O3/c1-12-2-3-15(14(20)10-12)22-18(26)25-7-6-19(21,11-25)17-23-16(24-28-17)13-4-8-27-9-5-13/h2-3,10,13H,4-9,11H2,1H3,(H,22,26). The van der Waals surface area contributed by atoms with Crippen LogP contribution in [-0.4, -0.2) is 47.4 Å². The molecule has 2 amide bonds. The molecule has 2 fully saturated rings. The van der Waals surface area contributed by atoms with Crippen molar-refractivity contribution in [1.82, 2.24) is 15.0 Å². The fraction of sp³-hybridized carbons (Fsp3) is 0.526. The molecule has 3 heterocycles. The molecule has 0 aliphatic carbocycles. The van der Waals surface area contributed by atoms with E-state index >= 15 is 4.39 Å². The second kappa shape index (κ2) is 7.67. The number of likely N-dealkylation sites (tertiary alicyclic amines) is 1. The summed E-state index contributed by atoms with van der Waals surface area (Å²) >= 11 is 6.16. The number of aromatic nitrogens is 2. The maximum Gasteiger partial charge on any atom is 0.322 e. The predicted octanol–water partition coefficient (Wildman–Crippen LogP) is 4.03. The van der Waals surface area contributed by atoms with Crippen molar-refractivity contribution in [3.05, 3.63) is 40.5 Å². The van der Waals surface area contributed by atoms with Gasteiger partial charge in [-0.2, -0.15) is 4.98 Å². The lowest BCUT2D eigenvalue weighted by Gasteiger charge is -2.19. The van der Waals surface area contributed by atoms with Crippen LogP contribution in [0.1, 0.15) is 42.5 Å². The highest BCUT2D eigenvalue weighted by Crippen LogP contribution is 2.37. The van der Waals surface area contributed by atoms with Gasteiger partial charge in [0.05, 0.1) is 17.3 Å². The Morgan fingerprint density at radius 1 is 1.39 bits per heavy atom. The van der Waals surface area contributed by atoms with Crippen LogP contribution in [0.25, 0.3) is 0 Å². The molecule has 2 aromatic rings. The Balaban J connectivity index is 1.42. The number of benzene rings is 1. The lowest BCUT2D eigenvalue weighted by Crippen LogP contribution is -2.35. The SMILES string of the molecule is Cc1ccc(NC(=O)N2CCC(F)(c3nc(C4CCOCC4)no3)C2)c(Cl)c1. The first kappa shape index (κ1) is 19.1. The molecule has 9 heteroatoms. The summed E-state index contributed by atoms with van der Waals surface area (Å²) in [5, 5.41) is 7.14. The molecule has 2 saturated heterocycles. The summed E-state index contributed by atoms with van der Waals surface area (Å²) in [6.45, 7) is 3.31. The van der Waals surface area contributed by atoms with Crippen molar-refractivity contribution in [2.75, 3.05) is 31.6 Å². The second-order valence-electron chi connectivity index (χ2n) is 7.39. The van der Waals surface area contributed by atoms with Crippen molar-refractivity contribution in [2.24, 2.45) is 0 Å². The third-order valence-electron chi connectivity index (χ3n) is 5.28. The number of anilines is 1. The normalized spacial score (nSPS) is 23.2. The molecule has 1 aromatic heterocycles. The van der Waals surface area contributed by atoms with Gasteiger partial charge in [0, 0.05) is 32.1 Å². The third-order valence-corrected chi connectivity index (χ3v) is 5.60. The average molecular weight is 409 g/mol. The van der Waals surface area contributed by atoms with Crippen molar-refractivity contribution in [2.45, 2.75) is 37.8 Å². The maximum absolute atomic E-state index is 15.4. The highest BCUT2D eigenvalue weighted by atomic mass is 35.5. The monoisotopic (exact) mass is 408 g/mol.